The monoisotopic (exact) mass is 212 g/mol. The smallest absolute Gasteiger partial charge is 0.269 e. The topological polar surface area (TPSA) is 60.6 Å². The Balaban J connectivity index is 2.95. The maximum Gasteiger partial charge on any atom is 0.346 e. The molecule has 0 saturated heterocycles. The highest BCUT2D eigenvalue weighted by Crippen LogP contribution is 2.00. The molecule has 0 N–H and O–H groups in total. The molecule has 74 valence electrons. The molecule has 0 aliphatic heterocycles. The largest absolute Gasteiger partial charge is 0.346 e. The van der Waals surface area contributed by atoms with Crippen LogP contribution in [0.5, 0.6) is 0 Å². The van der Waals surface area contributed by atoms with Gasteiger partial charge in [-0.15, -0.1) is 0 Å². The first-order valence-corrected chi connectivity index (χ1v) is 5.74. The summed E-state index contributed by atoms with van der Waals surface area (Å²) in [6.45, 7) is 0. The van der Waals surface area contributed by atoms with E-state index in [0.717, 1.165) is 6.26 Å². The lowest BCUT2D eigenvalue weighted by molar-refractivity contribution is 0.589. The predicted molar refractivity (Wildman–Crippen MR) is 51.9 cm³/mol. The zero-order valence-electron chi connectivity index (χ0n) is 7.41. The average Bonchev–Trinajstić information content (AvgIpc) is 2.50. The fourth-order valence-electron chi connectivity index (χ4n) is 1.27. The van der Waals surface area contributed by atoms with E-state index in [1.165, 1.54) is 16.8 Å². The molecule has 2 heterocycles. The molecule has 0 radical (unpaired) electrons. The summed E-state index contributed by atoms with van der Waals surface area (Å²) in [5.74, 6) is 0. The van der Waals surface area contributed by atoms with Crippen LogP contribution in [0, 0.1) is 0 Å². The van der Waals surface area contributed by atoms with Gasteiger partial charge in [-0.05, 0) is 18.2 Å². The average molecular weight is 212 g/mol. The first-order chi connectivity index (χ1) is 6.50. The molecular weight excluding hydrogens is 204 g/mol. The minimum absolute atomic E-state index is 0.574. The summed E-state index contributed by atoms with van der Waals surface area (Å²) in [6.07, 6.45) is 3.77. The first kappa shape index (κ1) is 9.01. The van der Waals surface area contributed by atoms with Crippen molar-refractivity contribution in [1.82, 2.24) is 8.37 Å². The Hall–Kier alpha value is -1.56. The van der Waals surface area contributed by atoms with Gasteiger partial charge in [0.1, 0.15) is 0 Å². The van der Waals surface area contributed by atoms with E-state index in [-0.39, 0.29) is 0 Å². The van der Waals surface area contributed by atoms with Crippen LogP contribution >= 0.6 is 0 Å². The van der Waals surface area contributed by atoms with Gasteiger partial charge >= 0.3 is 5.69 Å². The van der Waals surface area contributed by atoms with Crippen LogP contribution in [0.3, 0.4) is 0 Å². The van der Waals surface area contributed by atoms with Crippen molar-refractivity contribution < 1.29 is 8.42 Å². The van der Waals surface area contributed by atoms with Crippen molar-refractivity contribution in [3.63, 3.8) is 0 Å². The summed E-state index contributed by atoms with van der Waals surface area (Å²) in [6, 6.07) is 4.99. The minimum atomic E-state index is -3.52. The molecule has 14 heavy (non-hydrogen) atoms. The molecule has 6 heteroatoms. The molecule has 0 fully saturated rings. The lowest BCUT2D eigenvalue weighted by atomic mass is 10.5. The van der Waals surface area contributed by atoms with Gasteiger partial charge in [-0.1, -0.05) is 0 Å². The fourth-order valence-corrected chi connectivity index (χ4v) is 1.92. The Morgan fingerprint density at radius 2 is 1.93 bits per heavy atom. The van der Waals surface area contributed by atoms with Crippen LogP contribution in [0.4, 0.5) is 0 Å². The van der Waals surface area contributed by atoms with Gasteiger partial charge in [0, 0.05) is 12.4 Å². The van der Waals surface area contributed by atoms with E-state index in [2.05, 4.69) is 0 Å². The molecule has 2 rings (SSSR count). The van der Waals surface area contributed by atoms with Crippen molar-refractivity contribution >= 4 is 15.5 Å². The van der Waals surface area contributed by atoms with Crippen molar-refractivity contribution in [1.29, 1.82) is 0 Å². The van der Waals surface area contributed by atoms with E-state index in [1.54, 1.807) is 18.2 Å². The molecule has 5 nitrogen and oxygen atoms in total. The molecule has 0 bridgehead atoms. The van der Waals surface area contributed by atoms with Crippen molar-refractivity contribution in [2.24, 2.45) is 0 Å². The summed E-state index contributed by atoms with van der Waals surface area (Å²) in [4.78, 5) is 11.6. The standard InChI is InChI=1S/C8H8N2O3S/c1-14(12,13)10-6-4-7-3-2-5-9(7)8(10)11/h2-6H,1H3. The fraction of sp³-hybridized carbons (Fsp3) is 0.125. The molecular formula is C8H8N2O3S. The van der Waals surface area contributed by atoms with Gasteiger partial charge < -0.3 is 0 Å². The Labute approximate surface area is 80.3 Å². The Bertz CT molecular complexity index is 636. The normalized spacial score (nSPS) is 12.1. The van der Waals surface area contributed by atoms with Crippen LogP contribution in [-0.2, 0) is 10.0 Å². The van der Waals surface area contributed by atoms with Gasteiger partial charge in [0.15, 0.2) is 0 Å². The summed E-state index contributed by atoms with van der Waals surface area (Å²) < 4.78 is 24.3. The van der Waals surface area contributed by atoms with E-state index >= 15 is 0 Å². The van der Waals surface area contributed by atoms with Gasteiger partial charge in [-0.2, -0.15) is 3.97 Å². The third-order valence-corrected chi connectivity index (χ3v) is 2.91. The van der Waals surface area contributed by atoms with E-state index < -0.39 is 15.7 Å². The lowest BCUT2D eigenvalue weighted by Crippen LogP contribution is -2.30. The van der Waals surface area contributed by atoms with Gasteiger partial charge in [-0.3, -0.25) is 4.40 Å². The zero-order chi connectivity index (χ0) is 10.3. The highest BCUT2D eigenvalue weighted by molar-refractivity contribution is 7.89. The van der Waals surface area contributed by atoms with Crippen LogP contribution in [0.1, 0.15) is 0 Å². The Morgan fingerprint density at radius 3 is 2.57 bits per heavy atom. The SMILES string of the molecule is CS(=O)(=O)n1ccc2cccn2c1=O. The van der Waals surface area contributed by atoms with E-state index in [0.29, 0.717) is 9.49 Å². The highest BCUT2D eigenvalue weighted by Gasteiger charge is 2.09. The summed E-state index contributed by atoms with van der Waals surface area (Å²) in [5, 5.41) is 0. The summed E-state index contributed by atoms with van der Waals surface area (Å²) >= 11 is 0. The summed E-state index contributed by atoms with van der Waals surface area (Å²) in [5.41, 5.74) is 0.102. The van der Waals surface area contributed by atoms with Crippen molar-refractivity contribution in [2.45, 2.75) is 0 Å². The third-order valence-electron chi connectivity index (χ3n) is 1.91. The van der Waals surface area contributed by atoms with Crippen LogP contribution in [0.15, 0.2) is 35.4 Å². The third kappa shape index (κ3) is 1.24. The quantitative estimate of drug-likeness (QED) is 0.663. The van der Waals surface area contributed by atoms with Gasteiger partial charge in [0.2, 0.25) is 10.0 Å². The second kappa shape index (κ2) is 2.71. The molecule has 0 aliphatic rings. The second-order valence-corrected chi connectivity index (χ2v) is 4.82. The Kier molecular flexibility index (Phi) is 1.75. The minimum Gasteiger partial charge on any atom is -0.269 e. The van der Waals surface area contributed by atoms with Crippen LogP contribution in [0.25, 0.3) is 5.52 Å². The van der Waals surface area contributed by atoms with E-state index in [1.807, 2.05) is 0 Å². The number of aromatic nitrogens is 2. The molecule has 0 saturated carbocycles. The summed E-state index contributed by atoms with van der Waals surface area (Å²) in [7, 11) is -3.52. The molecule has 2 aromatic rings. The van der Waals surface area contributed by atoms with E-state index in [9.17, 15) is 13.2 Å². The molecule has 0 atom stereocenters. The molecule has 2 aromatic heterocycles. The first-order valence-electron chi connectivity index (χ1n) is 3.89. The number of hydrogen-bond acceptors (Lipinski definition) is 3. The van der Waals surface area contributed by atoms with Crippen molar-refractivity contribution in [3.05, 3.63) is 41.1 Å². The number of fused-ring (bicyclic) bond motifs is 1. The number of nitrogens with zero attached hydrogens (tertiary/aromatic N) is 2. The van der Waals surface area contributed by atoms with Crippen LogP contribution < -0.4 is 5.69 Å². The molecule has 0 spiro atoms. The van der Waals surface area contributed by atoms with E-state index in [4.69, 9.17) is 0 Å². The molecule has 0 amide bonds. The van der Waals surface area contributed by atoms with Crippen molar-refractivity contribution in [2.75, 3.05) is 6.26 Å². The molecule has 0 aromatic carbocycles. The van der Waals surface area contributed by atoms with Gasteiger partial charge in [0.25, 0.3) is 0 Å². The number of hydrogen-bond donors (Lipinski definition) is 0. The predicted octanol–water partition coefficient (Wildman–Crippen LogP) is -0.0913. The Morgan fingerprint density at radius 1 is 1.21 bits per heavy atom. The van der Waals surface area contributed by atoms with Crippen LogP contribution in [-0.4, -0.2) is 23.0 Å². The number of rotatable bonds is 1. The van der Waals surface area contributed by atoms with Gasteiger partial charge in [-0.25, -0.2) is 13.2 Å². The highest BCUT2D eigenvalue weighted by atomic mass is 32.2. The van der Waals surface area contributed by atoms with Crippen LogP contribution in [0.2, 0.25) is 0 Å². The lowest BCUT2D eigenvalue weighted by Gasteiger charge is -2.02. The zero-order valence-corrected chi connectivity index (χ0v) is 8.23. The van der Waals surface area contributed by atoms with Crippen molar-refractivity contribution in [3.8, 4) is 0 Å². The second-order valence-electron chi connectivity index (χ2n) is 2.96. The maximum atomic E-state index is 11.6. The molecule has 0 aliphatic carbocycles. The molecule has 0 unspecified atom stereocenters. The van der Waals surface area contributed by atoms with Gasteiger partial charge in [0.05, 0.1) is 11.8 Å². The maximum absolute atomic E-state index is 11.6.